The van der Waals surface area contributed by atoms with Crippen LogP contribution < -0.4 is 20.7 Å². The second-order valence-electron chi connectivity index (χ2n) is 7.34. The van der Waals surface area contributed by atoms with E-state index in [0.29, 0.717) is 24.6 Å². The van der Waals surface area contributed by atoms with Crippen molar-refractivity contribution in [3.05, 3.63) is 29.8 Å². The first kappa shape index (κ1) is 22.5. The average Bonchev–Trinajstić information content (AvgIpc) is 3.51. The number of hydrogen-bond acceptors (Lipinski definition) is 5. The molecule has 2 aliphatic rings. The summed E-state index contributed by atoms with van der Waals surface area (Å²) in [7, 11) is 1.60. The number of halogens is 1. The summed E-state index contributed by atoms with van der Waals surface area (Å²) in [5.41, 5.74) is 0.218. The first-order valence-electron chi connectivity index (χ1n) is 9.61. The van der Waals surface area contributed by atoms with Crippen LogP contribution in [0.4, 0.5) is 0 Å². The van der Waals surface area contributed by atoms with Crippen LogP contribution in [-0.4, -0.2) is 50.3 Å². The lowest BCUT2D eigenvalue weighted by atomic mass is 9.90. The average molecular weight is 412 g/mol. The van der Waals surface area contributed by atoms with Gasteiger partial charge in [-0.3, -0.25) is 9.59 Å². The number of nitrogens with one attached hydrogen (secondary N) is 3. The lowest BCUT2D eigenvalue weighted by molar-refractivity contribution is -0.147. The third kappa shape index (κ3) is 5.83. The van der Waals surface area contributed by atoms with Crippen molar-refractivity contribution < 1.29 is 19.1 Å². The van der Waals surface area contributed by atoms with Crippen LogP contribution in [-0.2, 0) is 14.3 Å². The minimum atomic E-state index is -0.752. The fourth-order valence-corrected chi connectivity index (χ4v) is 3.26. The normalized spacial score (nSPS) is 19.1. The summed E-state index contributed by atoms with van der Waals surface area (Å²) in [5, 5.41) is 9.20. The van der Waals surface area contributed by atoms with Crippen LogP contribution in [0.2, 0.25) is 0 Å². The lowest BCUT2D eigenvalue weighted by Crippen LogP contribution is -2.54. The fraction of sp³-hybridized carbons (Fsp3) is 0.600. The summed E-state index contributed by atoms with van der Waals surface area (Å²) in [4.78, 5) is 24.4. The Morgan fingerprint density at radius 3 is 2.43 bits per heavy atom. The minimum Gasteiger partial charge on any atom is -0.484 e. The van der Waals surface area contributed by atoms with Crippen LogP contribution in [0.3, 0.4) is 0 Å². The smallest absolute Gasteiger partial charge is 0.258 e. The van der Waals surface area contributed by atoms with Crippen LogP contribution >= 0.6 is 12.4 Å². The van der Waals surface area contributed by atoms with E-state index in [0.717, 1.165) is 31.5 Å². The van der Waals surface area contributed by atoms with E-state index in [4.69, 9.17) is 9.47 Å². The van der Waals surface area contributed by atoms with Crippen LogP contribution in [0, 0.1) is 0 Å². The van der Waals surface area contributed by atoms with Gasteiger partial charge in [-0.2, -0.15) is 0 Å². The quantitative estimate of drug-likeness (QED) is 0.606. The molecule has 2 fully saturated rings. The van der Waals surface area contributed by atoms with Gasteiger partial charge < -0.3 is 25.4 Å². The van der Waals surface area contributed by atoms with Crippen molar-refractivity contribution in [1.29, 1.82) is 0 Å². The summed E-state index contributed by atoms with van der Waals surface area (Å²) in [6.45, 7) is 3.51. The zero-order valence-corrected chi connectivity index (χ0v) is 17.3. The van der Waals surface area contributed by atoms with E-state index in [2.05, 4.69) is 16.0 Å². The van der Waals surface area contributed by atoms with Crippen molar-refractivity contribution in [2.75, 3.05) is 26.8 Å². The number of amides is 2. The van der Waals surface area contributed by atoms with Gasteiger partial charge in [0.2, 0.25) is 0 Å². The third-order valence-electron chi connectivity index (χ3n) is 5.26. The molecule has 3 rings (SSSR count). The van der Waals surface area contributed by atoms with Crippen molar-refractivity contribution >= 4 is 24.2 Å². The molecule has 7 nitrogen and oxygen atoms in total. The maximum absolute atomic E-state index is 12.7. The summed E-state index contributed by atoms with van der Waals surface area (Å²) in [6.07, 6.45) is 3.45. The Balaban J connectivity index is 0.00000280. The molecule has 1 aliphatic heterocycles. The van der Waals surface area contributed by atoms with Crippen molar-refractivity contribution in [3.63, 3.8) is 0 Å². The second-order valence-corrected chi connectivity index (χ2v) is 7.34. The number of methoxy groups -OCH3 is 1. The predicted molar refractivity (Wildman–Crippen MR) is 109 cm³/mol. The zero-order valence-electron chi connectivity index (χ0n) is 16.5. The van der Waals surface area contributed by atoms with E-state index in [1.807, 2.05) is 31.2 Å². The Labute approximate surface area is 172 Å². The molecule has 156 valence electrons. The molecule has 28 heavy (non-hydrogen) atoms. The highest BCUT2D eigenvalue weighted by molar-refractivity contribution is 5.86. The largest absolute Gasteiger partial charge is 0.484 e. The first-order valence-corrected chi connectivity index (χ1v) is 9.61. The molecule has 1 atom stereocenters. The predicted octanol–water partition coefficient (Wildman–Crippen LogP) is 1.71. The Morgan fingerprint density at radius 1 is 1.21 bits per heavy atom. The molecule has 2 amide bonds. The summed E-state index contributed by atoms with van der Waals surface area (Å²) < 4.78 is 11.1. The second kappa shape index (κ2) is 10.1. The molecule has 0 aromatic heterocycles. The van der Waals surface area contributed by atoms with Gasteiger partial charge >= 0.3 is 0 Å². The monoisotopic (exact) mass is 411 g/mol. The zero-order chi connectivity index (χ0) is 19.3. The molecule has 1 unspecified atom stereocenters. The Bertz CT molecular complexity index is 658. The number of rotatable bonds is 8. The molecule has 0 radical (unpaired) electrons. The van der Waals surface area contributed by atoms with Crippen LogP contribution in [0.1, 0.15) is 44.2 Å². The summed E-state index contributed by atoms with van der Waals surface area (Å²) >= 11 is 0. The van der Waals surface area contributed by atoms with E-state index >= 15 is 0 Å². The van der Waals surface area contributed by atoms with Crippen LogP contribution in [0.25, 0.3) is 0 Å². The number of piperidine rings is 1. The molecule has 1 heterocycles. The molecule has 1 aromatic rings. The summed E-state index contributed by atoms with van der Waals surface area (Å²) in [6, 6.07) is 7.63. The number of carbonyl (C=O) groups is 2. The molecule has 1 saturated carbocycles. The van der Waals surface area contributed by atoms with Gasteiger partial charge in [0.15, 0.2) is 6.61 Å². The van der Waals surface area contributed by atoms with Gasteiger partial charge in [0.1, 0.15) is 11.4 Å². The summed E-state index contributed by atoms with van der Waals surface area (Å²) in [5.74, 6) is 0.472. The van der Waals surface area contributed by atoms with Gasteiger partial charge in [-0.25, -0.2) is 0 Å². The molecule has 8 heteroatoms. The molecule has 0 spiro atoms. The number of hydrogen-bond donors (Lipinski definition) is 3. The molecule has 1 aliphatic carbocycles. The molecule has 1 aromatic carbocycles. The van der Waals surface area contributed by atoms with Crippen molar-refractivity contribution in [1.82, 2.24) is 16.0 Å². The number of carbonyl (C=O) groups excluding carboxylic acids is 2. The van der Waals surface area contributed by atoms with Gasteiger partial charge in [0, 0.05) is 13.2 Å². The van der Waals surface area contributed by atoms with E-state index in [-0.39, 0.29) is 36.9 Å². The van der Waals surface area contributed by atoms with Gasteiger partial charge in [0.05, 0.1) is 6.04 Å². The van der Waals surface area contributed by atoms with E-state index in [1.165, 1.54) is 0 Å². The highest BCUT2D eigenvalue weighted by Crippen LogP contribution is 2.25. The highest BCUT2D eigenvalue weighted by atomic mass is 35.5. The Morgan fingerprint density at radius 2 is 1.86 bits per heavy atom. The Hall–Kier alpha value is -1.83. The van der Waals surface area contributed by atoms with Crippen LogP contribution in [0.15, 0.2) is 24.3 Å². The lowest BCUT2D eigenvalue weighted by Gasteiger charge is -2.35. The van der Waals surface area contributed by atoms with E-state index in [9.17, 15) is 9.59 Å². The van der Waals surface area contributed by atoms with Crippen molar-refractivity contribution in [2.24, 2.45) is 0 Å². The Kier molecular flexibility index (Phi) is 8.10. The van der Waals surface area contributed by atoms with Crippen LogP contribution in [0.5, 0.6) is 5.75 Å². The topological polar surface area (TPSA) is 88.7 Å². The molecule has 1 saturated heterocycles. The molecular formula is C20H30ClN3O4. The van der Waals surface area contributed by atoms with Crippen molar-refractivity contribution in [3.8, 4) is 5.75 Å². The van der Waals surface area contributed by atoms with Gasteiger partial charge in [0.25, 0.3) is 11.8 Å². The van der Waals surface area contributed by atoms with Gasteiger partial charge in [-0.05, 0) is 63.4 Å². The third-order valence-corrected chi connectivity index (χ3v) is 5.26. The molecule has 0 bridgehead atoms. The highest BCUT2D eigenvalue weighted by Gasteiger charge is 2.40. The molecule has 3 N–H and O–H groups in total. The van der Waals surface area contributed by atoms with E-state index < -0.39 is 5.60 Å². The molecular weight excluding hydrogens is 382 g/mol. The SMILES string of the molecule is COC1(C(=O)NC(C)c2ccc(OCC(=O)NC3CC3)cc2)CCNCC1.Cl. The fourth-order valence-electron chi connectivity index (χ4n) is 3.26. The minimum absolute atomic E-state index is 0. The van der Waals surface area contributed by atoms with Gasteiger partial charge in [-0.15, -0.1) is 12.4 Å². The maximum atomic E-state index is 12.7. The van der Waals surface area contributed by atoms with Gasteiger partial charge in [-0.1, -0.05) is 12.1 Å². The standard InChI is InChI=1S/C20H29N3O4.ClH/c1-14(22-19(25)20(26-2)9-11-21-12-10-20)15-3-7-17(8-4-15)27-13-18(24)23-16-5-6-16;/h3-4,7-8,14,16,21H,5-6,9-13H2,1-2H3,(H,22,25)(H,23,24);1H. The number of benzene rings is 1. The number of ether oxygens (including phenoxy) is 2. The van der Waals surface area contributed by atoms with Crippen molar-refractivity contribution in [2.45, 2.75) is 50.3 Å². The van der Waals surface area contributed by atoms with E-state index in [1.54, 1.807) is 7.11 Å². The maximum Gasteiger partial charge on any atom is 0.258 e. The first-order chi connectivity index (χ1) is 13.0.